The van der Waals surface area contributed by atoms with Crippen molar-refractivity contribution in [2.45, 2.75) is 13.3 Å². The smallest absolute Gasteiger partial charge is 0.230 e. The van der Waals surface area contributed by atoms with Gasteiger partial charge in [0.15, 0.2) is 5.11 Å². The van der Waals surface area contributed by atoms with Gasteiger partial charge in [0.1, 0.15) is 12.4 Å². The average Bonchev–Trinajstić information content (AvgIpc) is 2.56. The van der Waals surface area contributed by atoms with E-state index in [1.165, 1.54) is 0 Å². The Morgan fingerprint density at radius 1 is 1.16 bits per heavy atom. The van der Waals surface area contributed by atoms with Crippen molar-refractivity contribution in [3.05, 3.63) is 71.3 Å². The van der Waals surface area contributed by atoms with Gasteiger partial charge in [0.2, 0.25) is 5.91 Å². The molecule has 0 saturated heterocycles. The second-order valence-corrected chi connectivity index (χ2v) is 6.42. The molecule has 4 nitrogen and oxygen atoms in total. The number of hydrogen-bond donors (Lipinski definition) is 2. The Balaban J connectivity index is 1.81. The molecule has 6 heteroatoms. The maximum Gasteiger partial charge on any atom is 0.230 e. The molecule has 25 heavy (non-hydrogen) atoms. The van der Waals surface area contributed by atoms with Gasteiger partial charge in [-0.25, -0.2) is 0 Å². The molecule has 1 amide bonds. The van der Waals surface area contributed by atoms with Gasteiger partial charge in [0.05, 0.1) is 6.42 Å². The van der Waals surface area contributed by atoms with Crippen LogP contribution in [0.3, 0.4) is 0 Å². The summed E-state index contributed by atoms with van der Waals surface area (Å²) in [5, 5.41) is 6.50. The van der Waals surface area contributed by atoms with Gasteiger partial charge in [0.25, 0.3) is 0 Å². The third kappa shape index (κ3) is 6.95. The highest BCUT2D eigenvalue weighted by atomic mass is 35.5. The number of ether oxygens (including phenoxy) is 1. The lowest BCUT2D eigenvalue weighted by atomic mass is 10.1. The summed E-state index contributed by atoms with van der Waals surface area (Å²) in [6.07, 6.45) is 0.229. The van der Waals surface area contributed by atoms with Crippen LogP contribution in [0.2, 0.25) is 5.02 Å². The molecule has 0 aliphatic heterocycles. The fourth-order valence-corrected chi connectivity index (χ4v) is 2.32. The number of nitrogens with one attached hydrogen (secondary N) is 2. The summed E-state index contributed by atoms with van der Waals surface area (Å²) in [5.74, 6) is 0.549. The van der Waals surface area contributed by atoms with Crippen molar-refractivity contribution in [2.24, 2.45) is 0 Å². The van der Waals surface area contributed by atoms with E-state index in [1.807, 2.05) is 43.3 Å². The summed E-state index contributed by atoms with van der Waals surface area (Å²) in [7, 11) is 0. The first kappa shape index (κ1) is 19.0. The van der Waals surface area contributed by atoms with E-state index in [0.717, 1.165) is 22.6 Å². The zero-order valence-electron chi connectivity index (χ0n) is 13.8. The Labute approximate surface area is 157 Å². The van der Waals surface area contributed by atoms with Crippen LogP contribution in [0.5, 0.6) is 5.75 Å². The van der Waals surface area contributed by atoms with Crippen LogP contribution in [-0.4, -0.2) is 17.6 Å². The van der Waals surface area contributed by atoms with Crippen molar-refractivity contribution in [2.75, 3.05) is 11.9 Å². The predicted molar refractivity (Wildman–Crippen MR) is 106 cm³/mol. The minimum Gasteiger partial charge on any atom is -0.489 e. The molecule has 0 spiro atoms. The average molecular weight is 375 g/mol. The number of anilines is 1. The number of hydrogen-bond acceptors (Lipinski definition) is 3. The Morgan fingerprint density at radius 3 is 2.40 bits per heavy atom. The second kappa shape index (κ2) is 9.20. The van der Waals surface area contributed by atoms with E-state index in [9.17, 15) is 4.79 Å². The van der Waals surface area contributed by atoms with Gasteiger partial charge in [-0.05, 0) is 66.7 Å². The first-order valence-corrected chi connectivity index (χ1v) is 8.43. The minimum absolute atomic E-state index is 0.193. The lowest BCUT2D eigenvalue weighted by Crippen LogP contribution is -2.35. The van der Waals surface area contributed by atoms with Gasteiger partial charge in [-0.1, -0.05) is 30.3 Å². The molecule has 2 rings (SSSR count). The monoisotopic (exact) mass is 374 g/mol. The normalized spacial score (nSPS) is 10.0. The maximum atomic E-state index is 12.0. The summed E-state index contributed by atoms with van der Waals surface area (Å²) in [6.45, 7) is 6.17. The van der Waals surface area contributed by atoms with Crippen LogP contribution in [-0.2, 0) is 11.2 Å². The van der Waals surface area contributed by atoms with Crippen LogP contribution in [0.15, 0.2) is 60.7 Å². The van der Waals surface area contributed by atoms with Crippen LogP contribution in [0.1, 0.15) is 12.5 Å². The summed E-state index contributed by atoms with van der Waals surface area (Å²) in [5.41, 5.74) is 2.58. The molecule has 2 N–H and O–H groups in total. The third-order valence-corrected chi connectivity index (χ3v) is 3.58. The third-order valence-electron chi connectivity index (χ3n) is 3.13. The van der Waals surface area contributed by atoms with E-state index in [0.29, 0.717) is 11.6 Å². The predicted octanol–water partition coefficient (Wildman–Crippen LogP) is 4.35. The molecule has 0 saturated carbocycles. The van der Waals surface area contributed by atoms with Crippen molar-refractivity contribution in [3.63, 3.8) is 0 Å². The zero-order valence-corrected chi connectivity index (χ0v) is 15.4. The number of rotatable bonds is 6. The van der Waals surface area contributed by atoms with E-state index in [4.69, 9.17) is 28.6 Å². The molecule has 2 aromatic carbocycles. The quantitative estimate of drug-likeness (QED) is 0.583. The van der Waals surface area contributed by atoms with E-state index in [1.54, 1.807) is 12.1 Å². The lowest BCUT2D eigenvalue weighted by molar-refractivity contribution is -0.119. The van der Waals surface area contributed by atoms with Gasteiger partial charge >= 0.3 is 0 Å². The number of carbonyl (C=O) groups is 1. The van der Waals surface area contributed by atoms with Gasteiger partial charge in [-0.15, -0.1) is 0 Å². The van der Waals surface area contributed by atoms with E-state index in [2.05, 4.69) is 17.2 Å². The second-order valence-electron chi connectivity index (χ2n) is 5.58. The van der Waals surface area contributed by atoms with Crippen molar-refractivity contribution in [1.82, 2.24) is 5.32 Å². The van der Waals surface area contributed by atoms with Crippen LogP contribution in [0.25, 0.3) is 0 Å². The van der Waals surface area contributed by atoms with Gasteiger partial charge in [0, 0.05) is 10.7 Å². The molecule has 0 aliphatic carbocycles. The molecule has 2 aromatic rings. The molecule has 0 fully saturated rings. The maximum absolute atomic E-state index is 12.0. The molecule has 0 unspecified atom stereocenters. The first-order chi connectivity index (χ1) is 11.9. The van der Waals surface area contributed by atoms with Crippen molar-refractivity contribution in [3.8, 4) is 5.75 Å². The number of benzene rings is 2. The molecule has 0 aromatic heterocycles. The van der Waals surface area contributed by atoms with Crippen molar-refractivity contribution < 1.29 is 9.53 Å². The minimum atomic E-state index is -0.193. The molecule has 0 atom stereocenters. The highest BCUT2D eigenvalue weighted by Crippen LogP contribution is 2.16. The van der Waals surface area contributed by atoms with Gasteiger partial charge in [-0.3, -0.25) is 4.79 Å². The number of amides is 1. The van der Waals surface area contributed by atoms with Crippen molar-refractivity contribution >= 4 is 40.5 Å². The van der Waals surface area contributed by atoms with E-state index < -0.39 is 0 Å². The Kier molecular flexibility index (Phi) is 6.98. The Morgan fingerprint density at radius 2 is 1.80 bits per heavy atom. The Bertz CT molecular complexity index is 758. The fraction of sp³-hybridized carbons (Fsp3) is 0.158. The molecule has 0 bridgehead atoms. The molecular weight excluding hydrogens is 356 g/mol. The first-order valence-electron chi connectivity index (χ1n) is 7.65. The van der Waals surface area contributed by atoms with Crippen LogP contribution in [0, 0.1) is 0 Å². The summed E-state index contributed by atoms with van der Waals surface area (Å²) in [4.78, 5) is 12.0. The van der Waals surface area contributed by atoms with Gasteiger partial charge in [-0.2, -0.15) is 0 Å². The van der Waals surface area contributed by atoms with Crippen molar-refractivity contribution in [1.29, 1.82) is 0 Å². The molecule has 130 valence electrons. The summed E-state index contributed by atoms with van der Waals surface area (Å²) >= 11 is 11.0. The lowest BCUT2D eigenvalue weighted by Gasteiger charge is -2.11. The van der Waals surface area contributed by atoms with E-state index in [-0.39, 0.29) is 17.4 Å². The number of halogens is 1. The standard InChI is InChI=1S/C19H19ClN2O2S/c1-13(2)12-24-17-9-7-16(8-10-17)21-19(25)22-18(23)11-14-3-5-15(20)6-4-14/h3-10H,1,11-12H2,2H3,(H2,21,22,23,25). The Hall–Kier alpha value is -2.37. The molecule has 0 radical (unpaired) electrons. The highest BCUT2D eigenvalue weighted by Gasteiger charge is 2.06. The van der Waals surface area contributed by atoms with Gasteiger partial charge < -0.3 is 15.4 Å². The molecule has 0 heterocycles. The highest BCUT2D eigenvalue weighted by molar-refractivity contribution is 7.80. The van der Waals surface area contributed by atoms with E-state index >= 15 is 0 Å². The number of carbonyl (C=O) groups excluding carboxylic acids is 1. The summed E-state index contributed by atoms with van der Waals surface area (Å²) < 4.78 is 5.53. The van der Waals surface area contributed by atoms with Crippen LogP contribution in [0.4, 0.5) is 5.69 Å². The number of thiocarbonyl (C=S) groups is 1. The van der Waals surface area contributed by atoms with Crippen LogP contribution >= 0.6 is 23.8 Å². The largest absolute Gasteiger partial charge is 0.489 e. The topological polar surface area (TPSA) is 50.4 Å². The molecule has 0 aliphatic rings. The van der Waals surface area contributed by atoms with Crippen LogP contribution < -0.4 is 15.4 Å². The fourth-order valence-electron chi connectivity index (χ4n) is 1.96. The summed E-state index contributed by atoms with van der Waals surface area (Å²) in [6, 6.07) is 14.4. The molecular formula is C19H19ClN2O2S. The zero-order chi connectivity index (χ0) is 18.2. The SMILES string of the molecule is C=C(C)COc1ccc(NC(=S)NC(=O)Cc2ccc(Cl)cc2)cc1.